The zero-order chi connectivity index (χ0) is 8.97. The van der Waals surface area contributed by atoms with Crippen LogP contribution < -0.4 is 0 Å². The number of nitrogens with zero attached hydrogens (tertiary/aromatic N) is 1. The molecule has 0 aliphatic heterocycles. The quantitative estimate of drug-likeness (QED) is 0.656. The van der Waals surface area contributed by atoms with Crippen LogP contribution >= 0.6 is 0 Å². The molecular formula is C10H21NO. The summed E-state index contributed by atoms with van der Waals surface area (Å²) in [6.45, 7) is 6.38. The molecule has 0 aromatic carbocycles. The molecule has 2 nitrogen and oxygen atoms in total. The highest BCUT2D eigenvalue weighted by Crippen LogP contribution is 2.26. The van der Waals surface area contributed by atoms with Crippen LogP contribution in [0, 0.1) is 0 Å². The Bertz CT molecular complexity index is 121. The molecule has 0 bridgehead atoms. The minimum Gasteiger partial charge on any atom is -0.393 e. The fourth-order valence-electron chi connectivity index (χ4n) is 1.56. The SMILES string of the molecule is CCCN(CCC(C)O)C1CC1. The Hall–Kier alpha value is -0.0800. The van der Waals surface area contributed by atoms with E-state index in [0.717, 1.165) is 19.0 Å². The third kappa shape index (κ3) is 3.55. The van der Waals surface area contributed by atoms with Gasteiger partial charge < -0.3 is 10.0 Å². The summed E-state index contributed by atoms with van der Waals surface area (Å²) in [4.78, 5) is 2.52. The summed E-state index contributed by atoms with van der Waals surface area (Å²) in [6, 6.07) is 0.851. The molecular weight excluding hydrogens is 150 g/mol. The van der Waals surface area contributed by atoms with E-state index in [0.29, 0.717) is 0 Å². The van der Waals surface area contributed by atoms with Crippen molar-refractivity contribution in [3.8, 4) is 0 Å². The van der Waals surface area contributed by atoms with Crippen LogP contribution in [0.25, 0.3) is 0 Å². The van der Waals surface area contributed by atoms with Gasteiger partial charge in [0.25, 0.3) is 0 Å². The minimum absolute atomic E-state index is 0.136. The molecule has 2 heteroatoms. The summed E-state index contributed by atoms with van der Waals surface area (Å²) in [7, 11) is 0. The average molecular weight is 171 g/mol. The summed E-state index contributed by atoms with van der Waals surface area (Å²) in [6.07, 6.45) is 4.77. The zero-order valence-corrected chi connectivity index (χ0v) is 8.29. The predicted octanol–water partition coefficient (Wildman–Crippen LogP) is 1.63. The van der Waals surface area contributed by atoms with E-state index in [4.69, 9.17) is 5.11 Å². The number of hydrogen-bond acceptors (Lipinski definition) is 2. The van der Waals surface area contributed by atoms with Crippen molar-refractivity contribution in [2.45, 2.75) is 51.7 Å². The van der Waals surface area contributed by atoms with Crippen LogP contribution in [0.4, 0.5) is 0 Å². The molecule has 1 atom stereocenters. The normalized spacial score (nSPS) is 20.0. The first-order valence-corrected chi connectivity index (χ1v) is 5.16. The van der Waals surface area contributed by atoms with Crippen LogP contribution in [0.5, 0.6) is 0 Å². The van der Waals surface area contributed by atoms with Crippen LogP contribution in [0.1, 0.15) is 39.5 Å². The molecule has 1 aliphatic carbocycles. The van der Waals surface area contributed by atoms with Crippen molar-refractivity contribution < 1.29 is 5.11 Å². The van der Waals surface area contributed by atoms with Gasteiger partial charge in [0.2, 0.25) is 0 Å². The van der Waals surface area contributed by atoms with Gasteiger partial charge in [-0.2, -0.15) is 0 Å². The lowest BCUT2D eigenvalue weighted by Crippen LogP contribution is -2.29. The van der Waals surface area contributed by atoms with Crippen molar-refractivity contribution in [2.24, 2.45) is 0 Å². The largest absolute Gasteiger partial charge is 0.393 e. The van der Waals surface area contributed by atoms with Gasteiger partial charge in [0, 0.05) is 12.6 Å². The monoisotopic (exact) mass is 171 g/mol. The smallest absolute Gasteiger partial charge is 0.0524 e. The van der Waals surface area contributed by atoms with E-state index >= 15 is 0 Å². The Kier molecular flexibility index (Phi) is 4.02. The van der Waals surface area contributed by atoms with Crippen molar-refractivity contribution >= 4 is 0 Å². The minimum atomic E-state index is -0.136. The van der Waals surface area contributed by atoms with Crippen molar-refractivity contribution in [2.75, 3.05) is 13.1 Å². The predicted molar refractivity (Wildman–Crippen MR) is 51.2 cm³/mol. The Morgan fingerprint density at radius 3 is 2.50 bits per heavy atom. The number of aliphatic hydroxyl groups excluding tert-OH is 1. The van der Waals surface area contributed by atoms with E-state index in [-0.39, 0.29) is 6.10 Å². The summed E-state index contributed by atoms with van der Waals surface area (Å²) in [5.41, 5.74) is 0. The molecule has 72 valence electrons. The third-order valence-corrected chi connectivity index (χ3v) is 2.41. The van der Waals surface area contributed by atoms with Crippen molar-refractivity contribution in [3.63, 3.8) is 0 Å². The highest BCUT2D eigenvalue weighted by Gasteiger charge is 2.27. The average Bonchev–Trinajstić information content (AvgIpc) is 2.79. The Balaban J connectivity index is 2.13. The van der Waals surface area contributed by atoms with E-state index in [2.05, 4.69) is 11.8 Å². The first-order chi connectivity index (χ1) is 5.74. The van der Waals surface area contributed by atoms with Gasteiger partial charge in [0.05, 0.1) is 6.10 Å². The molecule has 0 heterocycles. The van der Waals surface area contributed by atoms with Crippen molar-refractivity contribution in [3.05, 3.63) is 0 Å². The molecule has 0 radical (unpaired) electrons. The Morgan fingerprint density at radius 2 is 2.08 bits per heavy atom. The molecule has 1 fully saturated rings. The Morgan fingerprint density at radius 1 is 1.42 bits per heavy atom. The van der Waals surface area contributed by atoms with Gasteiger partial charge in [-0.25, -0.2) is 0 Å². The van der Waals surface area contributed by atoms with Gasteiger partial charge >= 0.3 is 0 Å². The maximum atomic E-state index is 9.15. The molecule has 0 saturated heterocycles. The lowest BCUT2D eigenvalue weighted by Gasteiger charge is -2.21. The number of aliphatic hydroxyl groups is 1. The van der Waals surface area contributed by atoms with Gasteiger partial charge in [-0.05, 0) is 39.2 Å². The number of rotatable bonds is 6. The zero-order valence-electron chi connectivity index (χ0n) is 8.29. The van der Waals surface area contributed by atoms with E-state index in [1.807, 2.05) is 6.92 Å². The summed E-state index contributed by atoms with van der Waals surface area (Å²) >= 11 is 0. The summed E-state index contributed by atoms with van der Waals surface area (Å²) < 4.78 is 0. The molecule has 0 amide bonds. The van der Waals surface area contributed by atoms with Crippen molar-refractivity contribution in [1.29, 1.82) is 0 Å². The van der Waals surface area contributed by atoms with Gasteiger partial charge in [0.1, 0.15) is 0 Å². The van der Waals surface area contributed by atoms with E-state index in [1.54, 1.807) is 0 Å². The maximum Gasteiger partial charge on any atom is 0.0524 e. The molecule has 1 saturated carbocycles. The molecule has 0 spiro atoms. The van der Waals surface area contributed by atoms with Crippen LogP contribution in [0.2, 0.25) is 0 Å². The topological polar surface area (TPSA) is 23.5 Å². The van der Waals surface area contributed by atoms with Gasteiger partial charge in [0.15, 0.2) is 0 Å². The Labute approximate surface area is 75.6 Å². The second-order valence-corrected chi connectivity index (χ2v) is 3.90. The first kappa shape index (κ1) is 10.0. The van der Waals surface area contributed by atoms with E-state index < -0.39 is 0 Å². The fourth-order valence-corrected chi connectivity index (χ4v) is 1.56. The lowest BCUT2D eigenvalue weighted by atomic mass is 10.2. The highest BCUT2D eigenvalue weighted by molar-refractivity contribution is 4.84. The van der Waals surface area contributed by atoms with Gasteiger partial charge in [-0.3, -0.25) is 0 Å². The second-order valence-electron chi connectivity index (χ2n) is 3.90. The number of hydrogen-bond donors (Lipinski definition) is 1. The van der Waals surface area contributed by atoms with Crippen LogP contribution in [0.3, 0.4) is 0 Å². The molecule has 1 aliphatic rings. The molecule has 1 N–H and O–H groups in total. The first-order valence-electron chi connectivity index (χ1n) is 5.16. The van der Waals surface area contributed by atoms with Gasteiger partial charge in [-0.15, -0.1) is 0 Å². The van der Waals surface area contributed by atoms with Crippen molar-refractivity contribution in [1.82, 2.24) is 4.90 Å². The summed E-state index contributed by atoms with van der Waals surface area (Å²) in [5, 5.41) is 9.15. The van der Waals surface area contributed by atoms with Crippen LogP contribution in [0.15, 0.2) is 0 Å². The standard InChI is InChI=1S/C10H21NO/c1-3-7-11(10-4-5-10)8-6-9(2)12/h9-10,12H,3-8H2,1-2H3. The molecule has 0 aromatic rings. The third-order valence-electron chi connectivity index (χ3n) is 2.41. The molecule has 12 heavy (non-hydrogen) atoms. The molecule has 0 aromatic heterocycles. The van der Waals surface area contributed by atoms with E-state index in [1.165, 1.54) is 25.8 Å². The highest BCUT2D eigenvalue weighted by atomic mass is 16.3. The van der Waals surface area contributed by atoms with Crippen LogP contribution in [-0.2, 0) is 0 Å². The van der Waals surface area contributed by atoms with Gasteiger partial charge in [-0.1, -0.05) is 6.92 Å². The molecule has 1 unspecified atom stereocenters. The molecule has 1 rings (SSSR count). The van der Waals surface area contributed by atoms with Crippen LogP contribution in [-0.4, -0.2) is 35.2 Å². The van der Waals surface area contributed by atoms with E-state index in [9.17, 15) is 0 Å². The second kappa shape index (κ2) is 4.83. The fraction of sp³-hybridized carbons (Fsp3) is 1.00. The lowest BCUT2D eigenvalue weighted by molar-refractivity contribution is 0.153. The maximum absolute atomic E-state index is 9.15. The summed E-state index contributed by atoms with van der Waals surface area (Å²) in [5.74, 6) is 0.